The van der Waals surface area contributed by atoms with Crippen LogP contribution in [0.5, 0.6) is 5.75 Å². The zero-order chi connectivity index (χ0) is 21.4. The first kappa shape index (κ1) is 19.6. The topological polar surface area (TPSA) is 87.2 Å². The summed E-state index contributed by atoms with van der Waals surface area (Å²) in [6.07, 6.45) is 0. The van der Waals surface area contributed by atoms with Crippen molar-refractivity contribution in [2.75, 3.05) is 40.3 Å². The van der Waals surface area contributed by atoms with E-state index in [1.165, 1.54) is 19.2 Å². The predicted octanol–water partition coefficient (Wildman–Crippen LogP) is 1.52. The Morgan fingerprint density at radius 2 is 1.27 bits per heavy atom. The van der Waals surface area contributed by atoms with Gasteiger partial charge >= 0.3 is 0 Å². The smallest absolute Gasteiger partial charge is 0.261 e. The number of imide groups is 1. The van der Waals surface area contributed by atoms with Gasteiger partial charge in [-0.05, 0) is 42.5 Å². The molecule has 2 aliphatic rings. The Morgan fingerprint density at radius 3 is 1.83 bits per heavy atom. The zero-order valence-electron chi connectivity index (χ0n) is 16.8. The van der Waals surface area contributed by atoms with Gasteiger partial charge in [-0.2, -0.15) is 0 Å². The summed E-state index contributed by atoms with van der Waals surface area (Å²) in [7, 11) is 2.99. The number of fused-ring (bicyclic) bond motifs is 1. The van der Waals surface area contributed by atoms with Crippen LogP contribution in [-0.2, 0) is 0 Å². The van der Waals surface area contributed by atoms with Crippen molar-refractivity contribution in [2.45, 2.75) is 0 Å². The molecule has 8 heteroatoms. The second-order valence-electron chi connectivity index (χ2n) is 7.24. The zero-order valence-corrected chi connectivity index (χ0v) is 16.8. The molecule has 0 N–H and O–H groups in total. The molecule has 4 rings (SSSR count). The number of rotatable bonds is 3. The fourth-order valence-electron chi connectivity index (χ4n) is 3.71. The second-order valence-corrected chi connectivity index (χ2v) is 7.24. The first-order chi connectivity index (χ1) is 14.4. The average molecular weight is 407 g/mol. The van der Waals surface area contributed by atoms with Crippen LogP contribution in [0.25, 0.3) is 0 Å². The summed E-state index contributed by atoms with van der Waals surface area (Å²) >= 11 is 0. The van der Waals surface area contributed by atoms with E-state index in [9.17, 15) is 19.2 Å². The van der Waals surface area contributed by atoms with Crippen LogP contribution in [-0.4, -0.2) is 78.7 Å². The van der Waals surface area contributed by atoms with Gasteiger partial charge < -0.3 is 14.5 Å². The number of amides is 4. The van der Waals surface area contributed by atoms with E-state index in [1.807, 2.05) is 0 Å². The van der Waals surface area contributed by atoms with Crippen LogP contribution in [0.2, 0.25) is 0 Å². The number of piperazine rings is 1. The van der Waals surface area contributed by atoms with Gasteiger partial charge in [0.2, 0.25) is 0 Å². The largest absolute Gasteiger partial charge is 0.497 e. The molecule has 2 heterocycles. The van der Waals surface area contributed by atoms with Crippen LogP contribution in [0.3, 0.4) is 0 Å². The van der Waals surface area contributed by atoms with Gasteiger partial charge in [-0.1, -0.05) is 0 Å². The van der Waals surface area contributed by atoms with Crippen molar-refractivity contribution >= 4 is 23.6 Å². The lowest BCUT2D eigenvalue weighted by atomic mass is 10.0. The highest BCUT2D eigenvalue weighted by molar-refractivity contribution is 6.21. The van der Waals surface area contributed by atoms with Crippen molar-refractivity contribution in [1.29, 1.82) is 0 Å². The van der Waals surface area contributed by atoms with Crippen LogP contribution in [0.15, 0.2) is 42.5 Å². The van der Waals surface area contributed by atoms with Crippen LogP contribution in [0.1, 0.15) is 41.4 Å². The number of carbonyl (C=O) groups excluding carboxylic acids is 4. The Kier molecular flexibility index (Phi) is 4.99. The third kappa shape index (κ3) is 3.30. The SMILES string of the molecule is COc1ccc(C(=O)N2CCN(C(=O)c3ccc4c(c3)C(=O)N(C)C4=O)CC2)cc1. The van der Waals surface area contributed by atoms with Gasteiger partial charge in [-0.25, -0.2) is 0 Å². The van der Waals surface area contributed by atoms with Crippen LogP contribution >= 0.6 is 0 Å². The van der Waals surface area contributed by atoms with Gasteiger partial charge in [0.05, 0.1) is 18.2 Å². The Balaban J connectivity index is 1.42. The summed E-state index contributed by atoms with van der Waals surface area (Å²) in [5.74, 6) is -0.388. The molecule has 0 aromatic heterocycles. The van der Waals surface area contributed by atoms with Crippen molar-refractivity contribution in [1.82, 2.24) is 14.7 Å². The van der Waals surface area contributed by atoms with E-state index >= 15 is 0 Å². The Morgan fingerprint density at radius 1 is 0.767 bits per heavy atom. The molecule has 2 aromatic rings. The van der Waals surface area contributed by atoms with Crippen LogP contribution < -0.4 is 4.74 Å². The molecule has 0 saturated carbocycles. The maximum atomic E-state index is 12.9. The molecule has 30 heavy (non-hydrogen) atoms. The Hall–Kier alpha value is -3.68. The summed E-state index contributed by atoms with van der Waals surface area (Å²) in [5.41, 5.74) is 1.50. The van der Waals surface area contributed by atoms with Gasteiger partial charge in [0.25, 0.3) is 23.6 Å². The van der Waals surface area contributed by atoms with Gasteiger partial charge in [-0.3, -0.25) is 24.1 Å². The third-order valence-electron chi connectivity index (χ3n) is 5.53. The minimum atomic E-state index is -0.403. The van der Waals surface area contributed by atoms with Crippen molar-refractivity contribution in [3.63, 3.8) is 0 Å². The van der Waals surface area contributed by atoms with E-state index in [4.69, 9.17) is 4.74 Å². The summed E-state index contributed by atoms with van der Waals surface area (Å²) in [6, 6.07) is 11.5. The Labute approximate surface area is 173 Å². The number of nitrogens with zero attached hydrogens (tertiary/aromatic N) is 3. The monoisotopic (exact) mass is 407 g/mol. The van der Waals surface area contributed by atoms with E-state index in [0.29, 0.717) is 48.6 Å². The third-order valence-corrected chi connectivity index (χ3v) is 5.53. The predicted molar refractivity (Wildman–Crippen MR) is 108 cm³/mol. The maximum absolute atomic E-state index is 12.9. The van der Waals surface area contributed by atoms with E-state index in [1.54, 1.807) is 47.2 Å². The van der Waals surface area contributed by atoms with E-state index in [-0.39, 0.29) is 23.3 Å². The van der Waals surface area contributed by atoms with Gasteiger partial charge in [0.1, 0.15) is 5.75 Å². The first-order valence-electron chi connectivity index (χ1n) is 9.59. The lowest BCUT2D eigenvalue weighted by molar-refractivity contribution is 0.0535. The number of methoxy groups -OCH3 is 1. The second kappa shape index (κ2) is 7.62. The first-order valence-corrected chi connectivity index (χ1v) is 9.59. The van der Waals surface area contributed by atoms with Gasteiger partial charge in [-0.15, -0.1) is 0 Å². The fourth-order valence-corrected chi connectivity index (χ4v) is 3.71. The van der Waals surface area contributed by atoms with Gasteiger partial charge in [0, 0.05) is 44.4 Å². The standard InChI is InChI=1S/C22H21N3O5/c1-23-21(28)17-8-5-15(13-18(17)22(23)29)20(27)25-11-9-24(10-12-25)19(26)14-3-6-16(30-2)7-4-14/h3-8,13H,9-12H2,1-2H3. The fraction of sp³-hybridized carbons (Fsp3) is 0.273. The molecule has 4 amide bonds. The highest BCUT2D eigenvalue weighted by Crippen LogP contribution is 2.24. The molecule has 2 aliphatic heterocycles. The van der Waals surface area contributed by atoms with Crippen molar-refractivity contribution in [3.8, 4) is 5.75 Å². The lowest BCUT2D eigenvalue weighted by Crippen LogP contribution is -2.50. The quantitative estimate of drug-likeness (QED) is 0.720. The molecule has 1 saturated heterocycles. The molecule has 8 nitrogen and oxygen atoms in total. The summed E-state index contributed by atoms with van der Waals surface area (Å²) in [6.45, 7) is 1.62. The highest BCUT2D eigenvalue weighted by atomic mass is 16.5. The molecule has 0 unspecified atom stereocenters. The molecule has 0 bridgehead atoms. The number of carbonyl (C=O) groups is 4. The molecule has 0 spiro atoms. The molecule has 0 radical (unpaired) electrons. The van der Waals surface area contributed by atoms with Crippen molar-refractivity contribution < 1.29 is 23.9 Å². The summed E-state index contributed by atoms with van der Waals surface area (Å²) in [4.78, 5) is 54.2. The van der Waals surface area contributed by atoms with Crippen LogP contribution in [0.4, 0.5) is 0 Å². The number of benzene rings is 2. The van der Waals surface area contributed by atoms with E-state index in [2.05, 4.69) is 0 Å². The van der Waals surface area contributed by atoms with Crippen molar-refractivity contribution in [2.24, 2.45) is 0 Å². The summed E-state index contributed by atoms with van der Waals surface area (Å²) < 4.78 is 5.11. The highest BCUT2D eigenvalue weighted by Gasteiger charge is 2.34. The number of hydrogen-bond donors (Lipinski definition) is 0. The molecule has 154 valence electrons. The minimum Gasteiger partial charge on any atom is -0.497 e. The molecule has 2 aromatic carbocycles. The minimum absolute atomic E-state index is 0.0885. The van der Waals surface area contributed by atoms with Gasteiger partial charge in [0.15, 0.2) is 0 Å². The molecular weight excluding hydrogens is 386 g/mol. The Bertz CT molecular complexity index is 1040. The summed E-state index contributed by atoms with van der Waals surface area (Å²) in [5, 5.41) is 0. The van der Waals surface area contributed by atoms with E-state index in [0.717, 1.165) is 4.90 Å². The van der Waals surface area contributed by atoms with Crippen molar-refractivity contribution in [3.05, 3.63) is 64.7 Å². The van der Waals surface area contributed by atoms with Crippen LogP contribution in [0, 0.1) is 0 Å². The number of hydrogen-bond acceptors (Lipinski definition) is 5. The average Bonchev–Trinajstić information content (AvgIpc) is 3.01. The molecule has 1 fully saturated rings. The normalized spacial score (nSPS) is 16.0. The molecule has 0 aliphatic carbocycles. The number of ether oxygens (including phenoxy) is 1. The molecule has 0 atom stereocenters. The van der Waals surface area contributed by atoms with E-state index < -0.39 is 5.91 Å². The molecular formula is C22H21N3O5. The lowest BCUT2D eigenvalue weighted by Gasteiger charge is -2.35. The maximum Gasteiger partial charge on any atom is 0.261 e.